The van der Waals surface area contributed by atoms with Gasteiger partial charge >= 0.3 is 0 Å². The topological polar surface area (TPSA) is 44.8 Å². The highest BCUT2D eigenvalue weighted by Gasteiger charge is 2.68. The highest BCUT2D eigenvalue weighted by Crippen LogP contribution is 2.68. The van der Waals surface area contributed by atoms with Gasteiger partial charge in [-0.2, -0.15) is 0 Å². The molecule has 5 heteroatoms. The maximum absolute atomic E-state index is 14.2. The zero-order chi connectivity index (χ0) is 20.0. The molecule has 4 nitrogen and oxygen atoms in total. The number of ether oxygens (including phenoxy) is 3. The number of carbonyl (C=O) groups is 1. The minimum absolute atomic E-state index is 0.0642. The van der Waals surface area contributed by atoms with Gasteiger partial charge in [-0.1, -0.05) is 27.7 Å². The molecular formula is C22H37FO4. The summed E-state index contributed by atoms with van der Waals surface area (Å²) in [6.07, 6.45) is 4.32. The molecule has 0 amide bonds. The number of hydrogen-bond acceptors (Lipinski definition) is 4. The lowest BCUT2D eigenvalue weighted by Crippen LogP contribution is -2.63. The minimum Gasteiger partial charge on any atom is -0.381 e. The third-order valence-corrected chi connectivity index (χ3v) is 8.83. The maximum Gasteiger partial charge on any atom is 0.146 e. The van der Waals surface area contributed by atoms with Gasteiger partial charge in [0.2, 0.25) is 0 Å². The molecule has 2 bridgehead atoms. The monoisotopic (exact) mass is 384 g/mol. The number of halogens is 1. The van der Waals surface area contributed by atoms with Gasteiger partial charge in [-0.05, 0) is 49.4 Å². The van der Waals surface area contributed by atoms with Gasteiger partial charge in [0.05, 0.1) is 17.6 Å². The largest absolute Gasteiger partial charge is 0.381 e. The van der Waals surface area contributed by atoms with E-state index in [1.165, 1.54) is 0 Å². The molecule has 0 aliphatic heterocycles. The lowest BCUT2D eigenvalue weighted by molar-refractivity contribution is -0.220. The van der Waals surface area contributed by atoms with Crippen LogP contribution in [0.3, 0.4) is 0 Å². The Bertz CT molecular complexity index is 569. The van der Waals surface area contributed by atoms with E-state index in [4.69, 9.17) is 14.2 Å². The van der Waals surface area contributed by atoms with Crippen molar-refractivity contribution in [3.63, 3.8) is 0 Å². The Kier molecular flexibility index (Phi) is 5.80. The van der Waals surface area contributed by atoms with E-state index in [0.717, 1.165) is 25.7 Å². The Morgan fingerprint density at radius 1 is 1.15 bits per heavy atom. The first-order chi connectivity index (χ1) is 12.7. The lowest BCUT2D eigenvalue weighted by Gasteiger charge is -2.62. The molecule has 0 heterocycles. The number of carbonyl (C=O) groups excluding carboxylic acids is 1. The summed E-state index contributed by atoms with van der Waals surface area (Å²) in [4.78, 5) is 13.5. The first kappa shape index (κ1) is 21.2. The van der Waals surface area contributed by atoms with Crippen molar-refractivity contribution in [1.29, 1.82) is 0 Å². The lowest BCUT2D eigenvalue weighted by atomic mass is 9.44. The summed E-state index contributed by atoms with van der Waals surface area (Å²) in [6, 6.07) is 0. The zero-order valence-electron chi connectivity index (χ0n) is 17.8. The quantitative estimate of drug-likeness (QED) is 0.659. The Hall–Kier alpha value is -0.520. The fraction of sp³-hybridized carbons (Fsp3) is 0.955. The molecule has 0 aromatic heterocycles. The molecule has 3 fully saturated rings. The molecule has 2 unspecified atom stereocenters. The molecule has 0 saturated heterocycles. The number of Topliss-reactive ketones (excluding diaryl/α,β-unsaturated/α-hetero) is 1. The average molecular weight is 385 g/mol. The highest BCUT2D eigenvalue weighted by molar-refractivity contribution is 5.87. The molecule has 3 saturated carbocycles. The Morgan fingerprint density at radius 3 is 2.41 bits per heavy atom. The third-order valence-electron chi connectivity index (χ3n) is 8.83. The van der Waals surface area contributed by atoms with E-state index in [9.17, 15) is 9.18 Å². The number of ketones is 1. The van der Waals surface area contributed by atoms with Gasteiger partial charge < -0.3 is 14.2 Å². The highest BCUT2D eigenvalue weighted by atomic mass is 19.1. The fourth-order valence-corrected chi connectivity index (χ4v) is 7.00. The number of rotatable bonds is 5. The smallest absolute Gasteiger partial charge is 0.146 e. The molecule has 156 valence electrons. The molecule has 0 N–H and O–H groups in total. The Labute approximate surface area is 163 Å². The van der Waals surface area contributed by atoms with E-state index < -0.39 is 12.1 Å². The van der Waals surface area contributed by atoms with Gasteiger partial charge in [-0.3, -0.25) is 9.18 Å². The second-order valence-electron chi connectivity index (χ2n) is 9.88. The molecule has 8 atom stereocenters. The van der Waals surface area contributed by atoms with Crippen LogP contribution in [0.4, 0.5) is 4.39 Å². The van der Waals surface area contributed by atoms with E-state index in [0.29, 0.717) is 12.3 Å². The molecule has 3 rings (SSSR count). The van der Waals surface area contributed by atoms with Crippen LogP contribution in [0.25, 0.3) is 0 Å². The van der Waals surface area contributed by atoms with Crippen LogP contribution in [0.15, 0.2) is 0 Å². The number of alkyl halides is 1. The van der Waals surface area contributed by atoms with E-state index in [1.807, 2.05) is 6.92 Å². The zero-order valence-corrected chi connectivity index (χ0v) is 17.8. The average Bonchev–Trinajstić information content (AvgIpc) is 3.07. The van der Waals surface area contributed by atoms with Crippen LogP contribution in [-0.2, 0) is 19.0 Å². The summed E-state index contributed by atoms with van der Waals surface area (Å²) < 4.78 is 31.6. The van der Waals surface area contributed by atoms with Crippen LogP contribution >= 0.6 is 0 Å². The van der Waals surface area contributed by atoms with E-state index in [-0.39, 0.29) is 47.4 Å². The predicted octanol–water partition coefficient (Wildman–Crippen LogP) is 4.41. The number of methoxy groups -OCH3 is 2. The molecule has 3 aliphatic carbocycles. The van der Waals surface area contributed by atoms with E-state index in [2.05, 4.69) is 13.8 Å². The van der Waals surface area contributed by atoms with Crippen LogP contribution in [0, 0.1) is 34.0 Å². The van der Waals surface area contributed by atoms with Gasteiger partial charge in [0.15, 0.2) is 0 Å². The first-order valence-corrected chi connectivity index (χ1v) is 10.4. The van der Waals surface area contributed by atoms with Gasteiger partial charge in [0.25, 0.3) is 0 Å². The predicted molar refractivity (Wildman–Crippen MR) is 102 cm³/mol. The second kappa shape index (κ2) is 7.38. The van der Waals surface area contributed by atoms with Crippen LogP contribution in [0.1, 0.15) is 59.8 Å². The summed E-state index contributed by atoms with van der Waals surface area (Å²) in [5.74, 6) is 0.564. The van der Waals surface area contributed by atoms with Crippen LogP contribution < -0.4 is 0 Å². The van der Waals surface area contributed by atoms with Crippen molar-refractivity contribution in [1.82, 2.24) is 0 Å². The Balaban J connectivity index is 2.18. The Morgan fingerprint density at radius 2 is 1.81 bits per heavy atom. The molecule has 0 radical (unpaired) electrons. The van der Waals surface area contributed by atoms with Crippen molar-refractivity contribution in [2.75, 3.05) is 27.7 Å². The first-order valence-electron chi connectivity index (χ1n) is 10.4. The molecule has 0 aromatic carbocycles. The summed E-state index contributed by atoms with van der Waals surface area (Å²) in [7, 11) is 3.39. The SMILES string of the molecule is COCO[C@@H]1C[C@@](C)(CF)C(=O)[C@H](C)C23CC[C@@H](C)[C@]1(C)C2[C@H](OC)CC3. The normalized spacial score (nSPS) is 50.2. The standard InChI is InChI=1S/C22H37FO4/c1-14-7-9-22-10-8-16(26-6)18(22)21(14,4)17(27-13-25-5)11-20(3,12-23)19(24)15(22)2/h14-18H,7-13H2,1-6H3/t14-,15+,16-,17-,18?,20+,21+,22?/m1/s1. The van der Waals surface area contributed by atoms with Gasteiger partial charge in [-0.15, -0.1) is 0 Å². The van der Waals surface area contributed by atoms with Crippen LogP contribution in [-0.4, -0.2) is 45.7 Å². The number of hydrogen-bond donors (Lipinski definition) is 0. The minimum atomic E-state index is -1.00. The summed E-state index contributed by atoms with van der Waals surface area (Å²) in [6.45, 7) is 7.96. The van der Waals surface area contributed by atoms with Crippen molar-refractivity contribution in [3.05, 3.63) is 0 Å². The van der Waals surface area contributed by atoms with Gasteiger partial charge in [0, 0.05) is 25.6 Å². The van der Waals surface area contributed by atoms with Crippen molar-refractivity contribution < 1.29 is 23.4 Å². The van der Waals surface area contributed by atoms with Crippen molar-refractivity contribution in [2.24, 2.45) is 34.0 Å². The van der Waals surface area contributed by atoms with Gasteiger partial charge in [0.1, 0.15) is 19.3 Å². The molecule has 0 aromatic rings. The van der Waals surface area contributed by atoms with Gasteiger partial charge in [-0.25, -0.2) is 0 Å². The summed E-state index contributed by atoms with van der Waals surface area (Å²) >= 11 is 0. The van der Waals surface area contributed by atoms with Crippen molar-refractivity contribution >= 4 is 5.78 Å². The summed E-state index contributed by atoms with van der Waals surface area (Å²) in [5, 5.41) is 0. The molecule has 3 aliphatic rings. The molecule has 27 heavy (non-hydrogen) atoms. The van der Waals surface area contributed by atoms with Crippen LogP contribution in [0.2, 0.25) is 0 Å². The molecular weight excluding hydrogens is 347 g/mol. The van der Waals surface area contributed by atoms with E-state index >= 15 is 0 Å². The fourth-order valence-electron chi connectivity index (χ4n) is 7.00. The van der Waals surface area contributed by atoms with Crippen molar-refractivity contribution in [2.45, 2.75) is 72.0 Å². The van der Waals surface area contributed by atoms with E-state index in [1.54, 1.807) is 21.1 Å². The third kappa shape index (κ3) is 2.91. The second-order valence-corrected chi connectivity index (χ2v) is 9.88. The maximum atomic E-state index is 14.2. The molecule has 0 spiro atoms. The summed E-state index contributed by atoms with van der Waals surface area (Å²) in [5.41, 5.74) is -1.30. The van der Waals surface area contributed by atoms with Crippen LogP contribution in [0.5, 0.6) is 0 Å². The van der Waals surface area contributed by atoms with Crippen molar-refractivity contribution in [3.8, 4) is 0 Å².